The number of benzene rings is 1. The van der Waals surface area contributed by atoms with Gasteiger partial charge < -0.3 is 10.5 Å². The summed E-state index contributed by atoms with van der Waals surface area (Å²) in [7, 11) is 0. The average Bonchev–Trinajstić information content (AvgIpc) is 2.33. The van der Waals surface area contributed by atoms with E-state index in [-0.39, 0.29) is 5.54 Å². The summed E-state index contributed by atoms with van der Waals surface area (Å²) < 4.78 is 5.44. The van der Waals surface area contributed by atoms with Crippen LogP contribution in [0.2, 0.25) is 5.02 Å². The largest absolute Gasteiger partial charge is 0.492 e. The average molecular weight is 254 g/mol. The molecule has 1 aromatic rings. The molecule has 3 heteroatoms. The van der Waals surface area contributed by atoms with Crippen LogP contribution in [-0.4, -0.2) is 6.61 Å². The minimum absolute atomic E-state index is 0.188. The highest BCUT2D eigenvalue weighted by Gasteiger charge is 2.29. The molecule has 0 amide bonds. The second-order valence-electron chi connectivity index (χ2n) is 4.80. The van der Waals surface area contributed by atoms with Gasteiger partial charge in [-0.2, -0.15) is 0 Å². The Morgan fingerprint density at radius 1 is 1.29 bits per heavy atom. The predicted molar refractivity (Wildman–Crippen MR) is 71.6 cm³/mol. The summed E-state index contributed by atoms with van der Waals surface area (Å²) in [6.45, 7) is 2.59. The van der Waals surface area contributed by atoms with Gasteiger partial charge in [0.15, 0.2) is 0 Å². The lowest BCUT2D eigenvalue weighted by Gasteiger charge is -2.34. The summed E-state index contributed by atoms with van der Waals surface area (Å²) in [5, 5.41) is 0.666. The highest BCUT2D eigenvalue weighted by molar-refractivity contribution is 6.32. The zero-order chi connectivity index (χ0) is 12.3. The lowest BCUT2D eigenvalue weighted by molar-refractivity contribution is 0.301. The fraction of sp³-hybridized carbons (Fsp3) is 0.571. The molecule has 1 aliphatic rings. The summed E-state index contributed by atoms with van der Waals surface area (Å²) in [4.78, 5) is 0. The van der Waals surface area contributed by atoms with Crippen molar-refractivity contribution >= 4 is 11.6 Å². The van der Waals surface area contributed by atoms with Gasteiger partial charge in [-0.05, 0) is 37.5 Å². The molecule has 1 saturated carbocycles. The first-order valence-electron chi connectivity index (χ1n) is 6.37. The van der Waals surface area contributed by atoms with Crippen LogP contribution in [0.4, 0.5) is 0 Å². The first-order valence-corrected chi connectivity index (χ1v) is 6.75. The van der Waals surface area contributed by atoms with E-state index in [4.69, 9.17) is 22.1 Å². The third-order valence-electron chi connectivity index (χ3n) is 3.55. The van der Waals surface area contributed by atoms with E-state index in [1.165, 1.54) is 19.3 Å². The van der Waals surface area contributed by atoms with Gasteiger partial charge in [0.2, 0.25) is 0 Å². The lowest BCUT2D eigenvalue weighted by atomic mass is 9.77. The van der Waals surface area contributed by atoms with Crippen molar-refractivity contribution in [1.29, 1.82) is 0 Å². The van der Waals surface area contributed by atoms with Crippen LogP contribution in [0.1, 0.15) is 44.6 Å². The van der Waals surface area contributed by atoms with E-state index < -0.39 is 0 Å². The Bertz CT molecular complexity index is 386. The number of rotatable bonds is 3. The Kier molecular flexibility index (Phi) is 3.95. The summed E-state index contributed by atoms with van der Waals surface area (Å²) in [6.07, 6.45) is 5.82. The van der Waals surface area contributed by atoms with Gasteiger partial charge in [0.1, 0.15) is 5.75 Å². The maximum absolute atomic E-state index is 6.47. The van der Waals surface area contributed by atoms with Crippen LogP contribution >= 0.6 is 11.6 Å². The number of hydrogen-bond acceptors (Lipinski definition) is 2. The fourth-order valence-electron chi connectivity index (χ4n) is 2.55. The van der Waals surface area contributed by atoms with Crippen molar-refractivity contribution in [1.82, 2.24) is 0 Å². The van der Waals surface area contributed by atoms with Gasteiger partial charge in [0.05, 0.1) is 11.6 Å². The number of hydrogen-bond donors (Lipinski definition) is 1. The van der Waals surface area contributed by atoms with E-state index in [9.17, 15) is 0 Å². The van der Waals surface area contributed by atoms with Gasteiger partial charge >= 0.3 is 0 Å². The van der Waals surface area contributed by atoms with Gasteiger partial charge in [-0.3, -0.25) is 0 Å². The fourth-order valence-corrected chi connectivity index (χ4v) is 2.79. The smallest absolute Gasteiger partial charge is 0.137 e. The normalized spacial score (nSPS) is 19.0. The van der Waals surface area contributed by atoms with Crippen molar-refractivity contribution < 1.29 is 4.74 Å². The van der Waals surface area contributed by atoms with Gasteiger partial charge in [0.25, 0.3) is 0 Å². The minimum Gasteiger partial charge on any atom is -0.492 e. The molecular weight excluding hydrogens is 234 g/mol. The van der Waals surface area contributed by atoms with Crippen molar-refractivity contribution in [2.75, 3.05) is 6.61 Å². The molecule has 0 spiro atoms. The molecule has 0 radical (unpaired) electrons. The molecule has 0 atom stereocenters. The van der Waals surface area contributed by atoms with Gasteiger partial charge in [-0.15, -0.1) is 0 Å². The second kappa shape index (κ2) is 5.28. The van der Waals surface area contributed by atoms with E-state index in [0.29, 0.717) is 11.6 Å². The summed E-state index contributed by atoms with van der Waals surface area (Å²) in [5.74, 6) is 0.748. The second-order valence-corrected chi connectivity index (χ2v) is 5.20. The SMILES string of the molecule is CCOc1ccc(C2(N)CCCCC2)cc1Cl. The first kappa shape index (κ1) is 12.7. The summed E-state index contributed by atoms with van der Waals surface area (Å²) >= 11 is 6.21. The summed E-state index contributed by atoms with van der Waals surface area (Å²) in [5.41, 5.74) is 7.43. The van der Waals surface area contributed by atoms with Gasteiger partial charge in [-0.1, -0.05) is 36.9 Å². The van der Waals surface area contributed by atoms with E-state index in [2.05, 4.69) is 6.07 Å². The molecule has 2 rings (SSSR count). The van der Waals surface area contributed by atoms with Crippen molar-refractivity contribution in [2.24, 2.45) is 5.73 Å². The number of ether oxygens (including phenoxy) is 1. The minimum atomic E-state index is -0.188. The van der Waals surface area contributed by atoms with Crippen LogP contribution in [0.25, 0.3) is 0 Å². The molecule has 17 heavy (non-hydrogen) atoms. The molecule has 2 nitrogen and oxygen atoms in total. The molecule has 1 fully saturated rings. The first-order chi connectivity index (χ1) is 8.15. The van der Waals surface area contributed by atoms with Crippen LogP contribution in [0.3, 0.4) is 0 Å². The molecule has 1 aliphatic carbocycles. The molecule has 0 aromatic heterocycles. The molecule has 2 N–H and O–H groups in total. The lowest BCUT2D eigenvalue weighted by Crippen LogP contribution is -2.38. The van der Waals surface area contributed by atoms with Crippen LogP contribution in [0.15, 0.2) is 18.2 Å². The molecular formula is C14H20ClNO. The highest BCUT2D eigenvalue weighted by atomic mass is 35.5. The predicted octanol–water partition coefficient (Wildman–Crippen LogP) is 3.86. The Balaban J connectivity index is 2.24. The molecule has 94 valence electrons. The maximum atomic E-state index is 6.47. The summed E-state index contributed by atoms with van der Waals surface area (Å²) in [6, 6.07) is 5.96. The Morgan fingerprint density at radius 3 is 2.59 bits per heavy atom. The molecule has 0 heterocycles. The van der Waals surface area contributed by atoms with E-state index >= 15 is 0 Å². The maximum Gasteiger partial charge on any atom is 0.137 e. The third-order valence-corrected chi connectivity index (χ3v) is 3.85. The molecule has 0 aliphatic heterocycles. The van der Waals surface area contributed by atoms with E-state index in [0.717, 1.165) is 24.2 Å². The third kappa shape index (κ3) is 2.75. The van der Waals surface area contributed by atoms with E-state index in [1.807, 2.05) is 19.1 Å². The van der Waals surface area contributed by atoms with Crippen molar-refractivity contribution in [3.63, 3.8) is 0 Å². The Morgan fingerprint density at radius 2 is 2.00 bits per heavy atom. The Labute approximate surface area is 108 Å². The molecule has 1 aromatic carbocycles. The van der Waals surface area contributed by atoms with E-state index in [1.54, 1.807) is 0 Å². The van der Waals surface area contributed by atoms with Crippen molar-refractivity contribution in [2.45, 2.75) is 44.6 Å². The van der Waals surface area contributed by atoms with Crippen LogP contribution < -0.4 is 10.5 Å². The highest BCUT2D eigenvalue weighted by Crippen LogP contribution is 2.37. The number of halogens is 1. The topological polar surface area (TPSA) is 35.2 Å². The zero-order valence-electron chi connectivity index (χ0n) is 10.3. The van der Waals surface area contributed by atoms with Crippen LogP contribution in [0.5, 0.6) is 5.75 Å². The van der Waals surface area contributed by atoms with Crippen LogP contribution in [-0.2, 0) is 5.54 Å². The Hall–Kier alpha value is -0.730. The van der Waals surface area contributed by atoms with Crippen LogP contribution in [0, 0.1) is 0 Å². The molecule has 0 saturated heterocycles. The monoisotopic (exact) mass is 253 g/mol. The quantitative estimate of drug-likeness (QED) is 0.888. The zero-order valence-corrected chi connectivity index (χ0v) is 11.1. The molecule has 0 unspecified atom stereocenters. The molecule has 0 bridgehead atoms. The van der Waals surface area contributed by atoms with Gasteiger partial charge in [0, 0.05) is 5.54 Å². The van der Waals surface area contributed by atoms with Crippen molar-refractivity contribution in [3.8, 4) is 5.75 Å². The number of nitrogens with two attached hydrogens (primary N) is 1. The van der Waals surface area contributed by atoms with Crippen molar-refractivity contribution in [3.05, 3.63) is 28.8 Å². The standard InChI is InChI=1S/C14H20ClNO/c1-2-17-13-7-6-11(10-12(13)15)14(16)8-4-3-5-9-14/h6-7,10H,2-5,8-9,16H2,1H3. The van der Waals surface area contributed by atoms with Gasteiger partial charge in [-0.25, -0.2) is 0 Å².